The highest BCUT2D eigenvalue weighted by molar-refractivity contribution is 5.96. The van der Waals surface area contributed by atoms with E-state index in [9.17, 15) is 4.79 Å². The summed E-state index contributed by atoms with van der Waals surface area (Å²) in [7, 11) is 0. The van der Waals surface area contributed by atoms with Gasteiger partial charge in [0, 0.05) is 25.5 Å². The van der Waals surface area contributed by atoms with Crippen LogP contribution in [0.4, 0.5) is 0 Å². The van der Waals surface area contributed by atoms with Crippen LogP contribution in [0.25, 0.3) is 0 Å². The van der Waals surface area contributed by atoms with E-state index in [-0.39, 0.29) is 18.6 Å². The van der Waals surface area contributed by atoms with Crippen molar-refractivity contribution in [3.63, 3.8) is 0 Å². The lowest BCUT2D eigenvalue weighted by Crippen LogP contribution is -2.29. The number of carbonyl (C=O) groups excluding carboxylic acids is 1. The molecule has 3 N–H and O–H groups in total. The zero-order valence-corrected chi connectivity index (χ0v) is 12.1. The Kier molecular flexibility index (Phi) is 6.20. The van der Waals surface area contributed by atoms with Crippen molar-refractivity contribution in [2.24, 2.45) is 5.73 Å². The van der Waals surface area contributed by atoms with Gasteiger partial charge in [-0.2, -0.15) is 0 Å². The summed E-state index contributed by atoms with van der Waals surface area (Å²) in [5.41, 5.74) is 6.50. The molecule has 1 saturated heterocycles. The Morgan fingerprint density at radius 1 is 1.52 bits per heavy atom. The van der Waals surface area contributed by atoms with E-state index in [0.29, 0.717) is 17.7 Å². The van der Waals surface area contributed by atoms with Crippen LogP contribution in [0.2, 0.25) is 0 Å². The molecule has 2 heterocycles. The number of pyridine rings is 1. The van der Waals surface area contributed by atoms with Crippen molar-refractivity contribution in [1.29, 1.82) is 0 Å². The average Bonchev–Trinajstić information content (AvgIpc) is 2.54. The summed E-state index contributed by atoms with van der Waals surface area (Å²) in [6, 6.07) is 1.67. The third-order valence-electron chi connectivity index (χ3n) is 3.42. The molecule has 5 nitrogen and oxygen atoms in total. The molecule has 21 heavy (non-hydrogen) atoms. The Morgan fingerprint density at radius 3 is 3.19 bits per heavy atom. The summed E-state index contributed by atoms with van der Waals surface area (Å²) >= 11 is 0. The van der Waals surface area contributed by atoms with Crippen LogP contribution in [0.5, 0.6) is 0 Å². The van der Waals surface area contributed by atoms with E-state index in [2.05, 4.69) is 22.1 Å². The predicted octanol–water partition coefficient (Wildman–Crippen LogP) is 1.08. The lowest BCUT2D eigenvalue weighted by Gasteiger charge is -2.22. The minimum absolute atomic E-state index is 0.130. The topological polar surface area (TPSA) is 77.2 Å². The van der Waals surface area contributed by atoms with Crippen LogP contribution in [0.15, 0.2) is 18.5 Å². The van der Waals surface area contributed by atoms with E-state index < -0.39 is 0 Å². The molecule has 0 spiro atoms. The monoisotopic (exact) mass is 287 g/mol. The van der Waals surface area contributed by atoms with Gasteiger partial charge in [0.15, 0.2) is 0 Å². The number of nitrogens with two attached hydrogens (primary N) is 1. The normalized spacial score (nSPS) is 17.7. The van der Waals surface area contributed by atoms with Gasteiger partial charge in [-0.05, 0) is 31.7 Å². The Morgan fingerprint density at radius 2 is 2.43 bits per heavy atom. The summed E-state index contributed by atoms with van der Waals surface area (Å²) < 4.78 is 5.64. The van der Waals surface area contributed by atoms with Crippen molar-refractivity contribution in [3.8, 4) is 11.8 Å². The molecule has 112 valence electrons. The maximum absolute atomic E-state index is 12.2. The van der Waals surface area contributed by atoms with Gasteiger partial charge in [0.25, 0.3) is 5.91 Å². The first-order chi connectivity index (χ1) is 10.3. The van der Waals surface area contributed by atoms with Gasteiger partial charge in [-0.25, -0.2) is 0 Å². The van der Waals surface area contributed by atoms with E-state index >= 15 is 0 Å². The summed E-state index contributed by atoms with van der Waals surface area (Å²) in [6.07, 6.45) is 7.73. The van der Waals surface area contributed by atoms with Crippen LogP contribution in [0.1, 0.15) is 41.6 Å². The van der Waals surface area contributed by atoms with Gasteiger partial charge in [-0.3, -0.25) is 9.78 Å². The quantitative estimate of drug-likeness (QED) is 0.812. The number of hydrogen-bond donors (Lipinski definition) is 2. The van der Waals surface area contributed by atoms with Gasteiger partial charge in [-0.1, -0.05) is 11.8 Å². The smallest absolute Gasteiger partial charge is 0.252 e. The van der Waals surface area contributed by atoms with Crippen molar-refractivity contribution in [2.45, 2.75) is 31.8 Å². The lowest BCUT2D eigenvalue weighted by atomic mass is 10.1. The average molecular weight is 287 g/mol. The van der Waals surface area contributed by atoms with Crippen LogP contribution in [-0.2, 0) is 4.74 Å². The molecule has 1 unspecified atom stereocenters. The number of nitrogens with zero attached hydrogens (tertiary/aromatic N) is 1. The molecule has 1 atom stereocenters. The molecule has 0 aromatic carbocycles. The molecule has 1 fully saturated rings. The zero-order valence-electron chi connectivity index (χ0n) is 12.1. The molecule has 1 aromatic rings. The van der Waals surface area contributed by atoms with Crippen molar-refractivity contribution in [3.05, 3.63) is 29.6 Å². The van der Waals surface area contributed by atoms with Crippen LogP contribution in [0, 0.1) is 11.8 Å². The van der Waals surface area contributed by atoms with Gasteiger partial charge < -0.3 is 15.8 Å². The number of nitrogens with one attached hydrogen (secondary N) is 1. The third kappa shape index (κ3) is 4.85. The van der Waals surface area contributed by atoms with E-state index in [0.717, 1.165) is 25.9 Å². The summed E-state index contributed by atoms with van der Waals surface area (Å²) in [6.45, 7) is 1.70. The van der Waals surface area contributed by atoms with Crippen LogP contribution >= 0.6 is 0 Å². The standard InChI is InChI=1S/C16H21N3O2/c17-8-3-4-13-12-18-9-7-15(13)16(20)19-10-6-14-5-1-2-11-21-14/h7,9,12,14H,1-2,5-6,8,10-11,17H2,(H,19,20). The number of hydrogen-bond acceptors (Lipinski definition) is 4. The maximum atomic E-state index is 12.2. The maximum Gasteiger partial charge on any atom is 0.252 e. The molecule has 5 heteroatoms. The zero-order chi connectivity index (χ0) is 14.9. The van der Waals surface area contributed by atoms with Crippen LogP contribution < -0.4 is 11.1 Å². The van der Waals surface area contributed by atoms with Crippen molar-refractivity contribution < 1.29 is 9.53 Å². The van der Waals surface area contributed by atoms with E-state index in [1.807, 2.05) is 0 Å². The van der Waals surface area contributed by atoms with Gasteiger partial charge in [0.1, 0.15) is 0 Å². The second-order valence-corrected chi connectivity index (χ2v) is 4.96. The van der Waals surface area contributed by atoms with Gasteiger partial charge in [-0.15, -0.1) is 0 Å². The number of carbonyl (C=O) groups is 1. The van der Waals surface area contributed by atoms with E-state index in [1.165, 1.54) is 6.42 Å². The van der Waals surface area contributed by atoms with Gasteiger partial charge in [0.2, 0.25) is 0 Å². The Labute approximate surface area is 125 Å². The summed E-state index contributed by atoms with van der Waals surface area (Å²) in [4.78, 5) is 16.2. The molecule has 1 aliphatic heterocycles. The molecule has 1 aromatic heterocycles. The lowest BCUT2D eigenvalue weighted by molar-refractivity contribution is 0.0117. The van der Waals surface area contributed by atoms with Gasteiger partial charge >= 0.3 is 0 Å². The fourth-order valence-electron chi connectivity index (χ4n) is 2.32. The highest BCUT2D eigenvalue weighted by Crippen LogP contribution is 2.15. The summed E-state index contributed by atoms with van der Waals surface area (Å²) in [5.74, 6) is 5.49. The predicted molar refractivity (Wildman–Crippen MR) is 80.7 cm³/mol. The molecule has 1 aliphatic rings. The highest BCUT2D eigenvalue weighted by Gasteiger charge is 2.15. The Balaban J connectivity index is 1.88. The number of amides is 1. The van der Waals surface area contributed by atoms with Gasteiger partial charge in [0.05, 0.1) is 23.8 Å². The second-order valence-electron chi connectivity index (χ2n) is 4.96. The van der Waals surface area contributed by atoms with Crippen molar-refractivity contribution >= 4 is 5.91 Å². The number of rotatable bonds is 4. The van der Waals surface area contributed by atoms with Crippen LogP contribution in [-0.4, -0.2) is 36.7 Å². The van der Waals surface area contributed by atoms with E-state index in [4.69, 9.17) is 10.5 Å². The molecule has 0 bridgehead atoms. The third-order valence-corrected chi connectivity index (χ3v) is 3.42. The fourth-order valence-corrected chi connectivity index (χ4v) is 2.32. The first-order valence-electron chi connectivity index (χ1n) is 7.34. The van der Waals surface area contributed by atoms with E-state index in [1.54, 1.807) is 18.5 Å². The minimum Gasteiger partial charge on any atom is -0.378 e. The fraction of sp³-hybridized carbons (Fsp3) is 0.500. The molecule has 1 amide bonds. The highest BCUT2D eigenvalue weighted by atomic mass is 16.5. The van der Waals surface area contributed by atoms with Crippen LogP contribution in [0.3, 0.4) is 0 Å². The Hall–Kier alpha value is -1.90. The van der Waals surface area contributed by atoms with Crippen molar-refractivity contribution in [1.82, 2.24) is 10.3 Å². The summed E-state index contributed by atoms with van der Waals surface area (Å²) in [5, 5.41) is 2.92. The van der Waals surface area contributed by atoms with Crippen molar-refractivity contribution in [2.75, 3.05) is 19.7 Å². The Bertz CT molecular complexity index is 528. The number of ether oxygens (including phenoxy) is 1. The molecule has 2 rings (SSSR count). The molecule has 0 radical (unpaired) electrons. The SMILES string of the molecule is NCC#Cc1cnccc1C(=O)NCCC1CCCCO1. The minimum atomic E-state index is -0.130. The molecule has 0 saturated carbocycles. The molecule has 0 aliphatic carbocycles. The molecular formula is C16H21N3O2. The number of aromatic nitrogens is 1. The first-order valence-corrected chi connectivity index (χ1v) is 7.34. The first kappa shape index (κ1) is 15.5. The largest absolute Gasteiger partial charge is 0.378 e. The molecular weight excluding hydrogens is 266 g/mol. The second kappa shape index (κ2) is 8.40.